The lowest BCUT2D eigenvalue weighted by atomic mass is 10.2. The van der Waals surface area contributed by atoms with Gasteiger partial charge in [0.25, 0.3) is 0 Å². The molecular formula is C12H9F2NO4S2. The number of nitrogens with one attached hydrogen (secondary N) is 1. The van der Waals surface area contributed by atoms with Gasteiger partial charge in [-0.15, -0.1) is 11.3 Å². The van der Waals surface area contributed by atoms with Crippen molar-refractivity contribution in [3.05, 3.63) is 51.7 Å². The number of carboxylic acids is 1. The number of carbonyl (C=O) groups is 1. The van der Waals surface area contributed by atoms with Crippen molar-refractivity contribution in [1.29, 1.82) is 0 Å². The largest absolute Gasteiger partial charge is 0.477 e. The Morgan fingerprint density at radius 1 is 1.29 bits per heavy atom. The minimum atomic E-state index is -4.10. The first-order chi connectivity index (χ1) is 9.81. The fourth-order valence-electron chi connectivity index (χ4n) is 1.58. The third-order valence-corrected chi connectivity index (χ3v) is 5.06. The third-order valence-electron chi connectivity index (χ3n) is 2.58. The number of thiophene rings is 1. The van der Waals surface area contributed by atoms with Crippen LogP contribution in [0.2, 0.25) is 0 Å². The van der Waals surface area contributed by atoms with E-state index < -0.39 is 34.2 Å². The molecule has 0 aliphatic heterocycles. The Balaban J connectivity index is 2.22. The molecule has 0 fully saturated rings. The van der Waals surface area contributed by atoms with E-state index in [4.69, 9.17) is 5.11 Å². The van der Waals surface area contributed by atoms with Crippen LogP contribution in [0, 0.1) is 11.6 Å². The standard InChI is InChI=1S/C12H9F2NO4S2/c13-8-2-1-7(9(14)5-8)6-15-21(18,19)10-3-4-20-11(10)12(16)17/h1-5,15H,6H2,(H,16,17). The summed E-state index contributed by atoms with van der Waals surface area (Å²) in [6, 6.07) is 3.90. The predicted octanol–water partition coefficient (Wildman–Crippen LogP) is 2.20. The summed E-state index contributed by atoms with van der Waals surface area (Å²) in [6.45, 7) is -0.413. The van der Waals surface area contributed by atoms with Gasteiger partial charge in [-0.1, -0.05) is 6.07 Å². The smallest absolute Gasteiger partial charge is 0.347 e. The Bertz CT molecular complexity index is 786. The second kappa shape index (κ2) is 5.88. The van der Waals surface area contributed by atoms with Crippen molar-refractivity contribution in [3.63, 3.8) is 0 Å². The van der Waals surface area contributed by atoms with Crippen LogP contribution in [0.5, 0.6) is 0 Å². The Hall–Kier alpha value is -1.84. The zero-order valence-corrected chi connectivity index (χ0v) is 12.0. The second-order valence-corrected chi connectivity index (χ2v) is 6.63. The molecule has 0 atom stereocenters. The number of aromatic carboxylic acids is 1. The number of rotatable bonds is 5. The molecule has 9 heteroatoms. The quantitative estimate of drug-likeness (QED) is 0.879. The third kappa shape index (κ3) is 3.43. The average molecular weight is 333 g/mol. The van der Waals surface area contributed by atoms with Gasteiger partial charge in [-0.2, -0.15) is 0 Å². The van der Waals surface area contributed by atoms with E-state index in [1.54, 1.807) is 0 Å². The van der Waals surface area contributed by atoms with Gasteiger partial charge in [0.05, 0.1) is 0 Å². The molecule has 0 unspecified atom stereocenters. The predicted molar refractivity (Wildman–Crippen MR) is 71.7 cm³/mol. The number of halogens is 2. The van der Waals surface area contributed by atoms with E-state index in [1.807, 2.05) is 0 Å². The van der Waals surface area contributed by atoms with Crippen molar-refractivity contribution in [2.75, 3.05) is 0 Å². The average Bonchev–Trinajstić information content (AvgIpc) is 2.87. The summed E-state index contributed by atoms with van der Waals surface area (Å²) < 4.78 is 52.3. The van der Waals surface area contributed by atoms with Crippen molar-refractivity contribution >= 4 is 27.3 Å². The summed E-state index contributed by atoms with van der Waals surface area (Å²) >= 11 is 0.769. The zero-order valence-electron chi connectivity index (χ0n) is 10.3. The maximum atomic E-state index is 13.4. The molecule has 1 aromatic heterocycles. The number of carboxylic acid groups (broad SMARTS) is 1. The van der Waals surface area contributed by atoms with Crippen molar-refractivity contribution in [2.24, 2.45) is 0 Å². The lowest BCUT2D eigenvalue weighted by Gasteiger charge is -2.07. The van der Waals surface area contributed by atoms with Crippen molar-refractivity contribution in [3.8, 4) is 0 Å². The molecule has 0 spiro atoms. The molecule has 0 amide bonds. The number of hydrogen-bond acceptors (Lipinski definition) is 4. The highest BCUT2D eigenvalue weighted by Crippen LogP contribution is 2.22. The van der Waals surface area contributed by atoms with Gasteiger partial charge >= 0.3 is 5.97 Å². The Morgan fingerprint density at radius 3 is 2.62 bits per heavy atom. The van der Waals surface area contributed by atoms with Crippen molar-refractivity contribution < 1.29 is 27.1 Å². The van der Waals surface area contributed by atoms with Gasteiger partial charge < -0.3 is 5.11 Å². The van der Waals surface area contributed by atoms with Crippen LogP contribution in [0.15, 0.2) is 34.5 Å². The SMILES string of the molecule is O=C(O)c1sccc1S(=O)(=O)NCc1ccc(F)cc1F. The van der Waals surface area contributed by atoms with Crippen molar-refractivity contribution in [1.82, 2.24) is 4.72 Å². The molecule has 21 heavy (non-hydrogen) atoms. The lowest BCUT2D eigenvalue weighted by molar-refractivity contribution is 0.0698. The minimum Gasteiger partial charge on any atom is -0.477 e. The van der Waals surface area contributed by atoms with Crippen LogP contribution in [-0.4, -0.2) is 19.5 Å². The van der Waals surface area contributed by atoms with E-state index >= 15 is 0 Å². The van der Waals surface area contributed by atoms with Crippen LogP contribution >= 0.6 is 11.3 Å². The van der Waals surface area contributed by atoms with Crippen molar-refractivity contribution in [2.45, 2.75) is 11.4 Å². The van der Waals surface area contributed by atoms with Gasteiger partial charge in [-0.05, 0) is 17.5 Å². The maximum absolute atomic E-state index is 13.4. The molecular weight excluding hydrogens is 324 g/mol. The molecule has 0 aliphatic carbocycles. The monoisotopic (exact) mass is 333 g/mol. The van der Waals surface area contributed by atoms with E-state index in [0.717, 1.165) is 29.5 Å². The molecule has 2 rings (SSSR count). The maximum Gasteiger partial charge on any atom is 0.347 e. The highest BCUT2D eigenvalue weighted by Gasteiger charge is 2.23. The summed E-state index contributed by atoms with van der Waals surface area (Å²) in [5.74, 6) is -3.02. The summed E-state index contributed by atoms with van der Waals surface area (Å²) in [5.41, 5.74) is -0.0490. The molecule has 0 saturated heterocycles. The summed E-state index contributed by atoms with van der Waals surface area (Å²) in [4.78, 5) is 10.2. The Labute approximate surface area is 122 Å². The second-order valence-electron chi connectivity index (χ2n) is 3.98. The van der Waals surface area contributed by atoms with E-state index in [2.05, 4.69) is 4.72 Å². The molecule has 1 heterocycles. The van der Waals surface area contributed by atoms with E-state index in [0.29, 0.717) is 6.07 Å². The fraction of sp³-hybridized carbons (Fsp3) is 0.0833. The minimum absolute atomic E-state index is 0.0490. The van der Waals surface area contributed by atoms with E-state index in [9.17, 15) is 22.0 Å². The summed E-state index contributed by atoms with van der Waals surface area (Å²) in [7, 11) is -4.10. The van der Waals surface area contributed by atoms with Gasteiger partial charge in [0.15, 0.2) is 0 Å². The normalized spacial score (nSPS) is 11.5. The molecule has 0 bridgehead atoms. The summed E-state index contributed by atoms with van der Waals surface area (Å²) in [6.07, 6.45) is 0. The first-order valence-corrected chi connectivity index (χ1v) is 7.92. The van der Waals surface area contributed by atoms with Gasteiger partial charge in [-0.25, -0.2) is 26.7 Å². The molecule has 5 nitrogen and oxygen atoms in total. The fourth-order valence-corrected chi connectivity index (χ4v) is 3.85. The molecule has 2 aromatic rings. The number of benzene rings is 1. The van der Waals surface area contributed by atoms with Gasteiger partial charge in [0, 0.05) is 18.2 Å². The summed E-state index contributed by atoms with van der Waals surface area (Å²) in [5, 5.41) is 10.2. The number of hydrogen-bond donors (Lipinski definition) is 2. The first-order valence-electron chi connectivity index (χ1n) is 5.55. The van der Waals surface area contributed by atoms with Gasteiger partial charge in [0.2, 0.25) is 10.0 Å². The van der Waals surface area contributed by atoms with Crippen LogP contribution in [-0.2, 0) is 16.6 Å². The zero-order chi connectivity index (χ0) is 15.6. The van der Waals surface area contributed by atoms with Crippen LogP contribution in [0.1, 0.15) is 15.2 Å². The molecule has 1 aromatic carbocycles. The van der Waals surface area contributed by atoms with Gasteiger partial charge in [-0.3, -0.25) is 0 Å². The van der Waals surface area contributed by atoms with E-state index in [-0.39, 0.29) is 15.3 Å². The molecule has 112 valence electrons. The molecule has 2 N–H and O–H groups in total. The van der Waals surface area contributed by atoms with Crippen LogP contribution < -0.4 is 4.72 Å². The highest BCUT2D eigenvalue weighted by molar-refractivity contribution is 7.89. The molecule has 0 saturated carbocycles. The molecule has 0 radical (unpaired) electrons. The van der Waals surface area contributed by atoms with Crippen LogP contribution in [0.3, 0.4) is 0 Å². The first kappa shape index (κ1) is 15.5. The Morgan fingerprint density at radius 2 is 2.00 bits per heavy atom. The van der Waals surface area contributed by atoms with E-state index in [1.165, 1.54) is 5.38 Å². The number of sulfonamides is 1. The lowest BCUT2D eigenvalue weighted by Crippen LogP contribution is -2.24. The Kier molecular flexibility index (Phi) is 4.35. The van der Waals surface area contributed by atoms with Crippen LogP contribution in [0.25, 0.3) is 0 Å². The van der Waals surface area contributed by atoms with Gasteiger partial charge in [0.1, 0.15) is 21.4 Å². The highest BCUT2D eigenvalue weighted by atomic mass is 32.2. The molecule has 0 aliphatic rings. The topological polar surface area (TPSA) is 83.5 Å². The van der Waals surface area contributed by atoms with Crippen LogP contribution in [0.4, 0.5) is 8.78 Å².